The molecule has 0 fully saturated rings. The van der Waals surface area contributed by atoms with E-state index in [2.05, 4.69) is 0 Å². The Labute approximate surface area is 121 Å². The minimum atomic E-state index is -3.33. The molecule has 0 aromatic heterocycles. The lowest BCUT2D eigenvalue weighted by Crippen LogP contribution is -2.06. The molecule has 2 aromatic rings. The van der Waals surface area contributed by atoms with E-state index in [0.29, 0.717) is 0 Å². The van der Waals surface area contributed by atoms with Crippen LogP contribution in [-0.2, 0) is 16.3 Å². The number of hydrogen-bond acceptors (Lipinski definition) is 3. The lowest BCUT2D eigenvalue weighted by molar-refractivity contribution is 0.0991. The van der Waals surface area contributed by atoms with Crippen LogP contribution >= 0.6 is 0 Å². The number of halogens is 2. The number of hydrogen-bond donors (Lipinski definition) is 0. The fourth-order valence-electron chi connectivity index (χ4n) is 1.83. The molecule has 0 aliphatic carbocycles. The second-order valence-electron chi connectivity index (χ2n) is 4.63. The normalized spacial score (nSPS) is 11.4. The van der Waals surface area contributed by atoms with E-state index in [9.17, 15) is 22.0 Å². The molecule has 6 heteroatoms. The van der Waals surface area contributed by atoms with Crippen molar-refractivity contribution >= 4 is 15.6 Å². The number of carbonyl (C=O) groups is 1. The third-order valence-corrected chi connectivity index (χ3v) is 4.10. The molecule has 0 amide bonds. The molecule has 2 rings (SSSR count). The van der Waals surface area contributed by atoms with Gasteiger partial charge in [-0.05, 0) is 23.8 Å². The first-order chi connectivity index (χ1) is 9.77. The highest BCUT2D eigenvalue weighted by atomic mass is 32.2. The first-order valence-electron chi connectivity index (χ1n) is 6.04. The van der Waals surface area contributed by atoms with E-state index in [0.717, 1.165) is 18.4 Å². The van der Waals surface area contributed by atoms with E-state index in [1.807, 2.05) is 0 Å². The van der Waals surface area contributed by atoms with Crippen LogP contribution in [0.3, 0.4) is 0 Å². The highest BCUT2D eigenvalue weighted by Gasteiger charge is 2.13. The third kappa shape index (κ3) is 3.72. The topological polar surface area (TPSA) is 51.2 Å². The summed E-state index contributed by atoms with van der Waals surface area (Å²) >= 11 is 0. The molecule has 0 aliphatic rings. The van der Waals surface area contributed by atoms with Crippen molar-refractivity contribution in [1.82, 2.24) is 0 Å². The van der Waals surface area contributed by atoms with Crippen LogP contribution in [0.4, 0.5) is 8.78 Å². The van der Waals surface area contributed by atoms with Gasteiger partial charge in [-0.1, -0.05) is 18.2 Å². The van der Waals surface area contributed by atoms with Crippen LogP contribution in [0.5, 0.6) is 0 Å². The van der Waals surface area contributed by atoms with Gasteiger partial charge in [-0.25, -0.2) is 17.2 Å². The average molecular weight is 310 g/mol. The summed E-state index contributed by atoms with van der Waals surface area (Å²) in [6.07, 6.45) is 0.849. The van der Waals surface area contributed by atoms with Crippen LogP contribution in [0.2, 0.25) is 0 Å². The number of Topliss-reactive ketones (excluding diaryl/α,β-unsaturated/α-hetero) is 1. The maximum atomic E-state index is 13.5. The van der Waals surface area contributed by atoms with Gasteiger partial charge < -0.3 is 0 Å². The van der Waals surface area contributed by atoms with Gasteiger partial charge in [0.2, 0.25) is 0 Å². The van der Waals surface area contributed by atoms with Crippen LogP contribution in [0, 0.1) is 11.6 Å². The first kappa shape index (κ1) is 15.3. The minimum Gasteiger partial charge on any atom is -0.294 e. The van der Waals surface area contributed by atoms with E-state index < -0.39 is 21.5 Å². The SMILES string of the molecule is CS(=O)(=O)c1ccc(C(=O)Cc2ccc(F)cc2F)cc1. The Morgan fingerprint density at radius 3 is 2.19 bits per heavy atom. The zero-order valence-electron chi connectivity index (χ0n) is 11.1. The number of carbonyl (C=O) groups excluding carboxylic acids is 1. The van der Waals surface area contributed by atoms with Gasteiger partial charge in [0.15, 0.2) is 15.6 Å². The van der Waals surface area contributed by atoms with Crippen LogP contribution in [0.15, 0.2) is 47.4 Å². The summed E-state index contributed by atoms with van der Waals surface area (Å²) in [4.78, 5) is 12.1. The van der Waals surface area contributed by atoms with Crippen molar-refractivity contribution in [2.24, 2.45) is 0 Å². The number of rotatable bonds is 4. The summed E-state index contributed by atoms with van der Waals surface area (Å²) in [5.41, 5.74) is 0.361. The molecule has 2 aromatic carbocycles. The Morgan fingerprint density at radius 1 is 1.05 bits per heavy atom. The van der Waals surface area contributed by atoms with Crippen LogP contribution < -0.4 is 0 Å². The fraction of sp³-hybridized carbons (Fsp3) is 0.133. The molecule has 21 heavy (non-hydrogen) atoms. The number of sulfone groups is 1. The largest absolute Gasteiger partial charge is 0.294 e. The Kier molecular flexibility index (Phi) is 4.18. The number of ketones is 1. The Morgan fingerprint density at radius 2 is 1.67 bits per heavy atom. The predicted octanol–water partition coefficient (Wildman–Crippen LogP) is 2.79. The molecule has 0 N–H and O–H groups in total. The molecule has 3 nitrogen and oxygen atoms in total. The van der Waals surface area contributed by atoms with Gasteiger partial charge in [-0.3, -0.25) is 4.79 Å². The average Bonchev–Trinajstić information content (AvgIpc) is 2.41. The van der Waals surface area contributed by atoms with Gasteiger partial charge in [-0.15, -0.1) is 0 Å². The van der Waals surface area contributed by atoms with E-state index in [1.165, 1.54) is 30.3 Å². The van der Waals surface area contributed by atoms with Gasteiger partial charge in [0.1, 0.15) is 11.6 Å². The van der Waals surface area contributed by atoms with Gasteiger partial charge in [0.05, 0.1) is 4.90 Å². The highest BCUT2D eigenvalue weighted by molar-refractivity contribution is 7.90. The summed E-state index contributed by atoms with van der Waals surface area (Å²) in [6, 6.07) is 8.41. The molecule has 0 saturated heterocycles. The lowest BCUT2D eigenvalue weighted by Gasteiger charge is -2.04. The monoisotopic (exact) mass is 310 g/mol. The molecule has 0 aliphatic heterocycles. The molecule has 0 saturated carbocycles. The van der Waals surface area contributed by atoms with E-state index in [4.69, 9.17) is 0 Å². The van der Waals surface area contributed by atoms with Crippen molar-refractivity contribution < 1.29 is 22.0 Å². The Balaban J connectivity index is 2.21. The summed E-state index contributed by atoms with van der Waals surface area (Å²) < 4.78 is 48.9. The zero-order chi connectivity index (χ0) is 15.6. The summed E-state index contributed by atoms with van der Waals surface area (Å²) in [7, 11) is -3.33. The number of benzene rings is 2. The van der Waals surface area contributed by atoms with Crippen LogP contribution in [-0.4, -0.2) is 20.5 Å². The van der Waals surface area contributed by atoms with Gasteiger partial charge in [0, 0.05) is 24.3 Å². The van der Waals surface area contributed by atoms with E-state index in [1.54, 1.807) is 0 Å². The Bertz CT molecular complexity index is 781. The molecule has 0 bridgehead atoms. The molecule has 0 radical (unpaired) electrons. The summed E-state index contributed by atoms with van der Waals surface area (Å²) in [5, 5.41) is 0. The van der Waals surface area contributed by atoms with Crippen molar-refractivity contribution in [3.63, 3.8) is 0 Å². The highest BCUT2D eigenvalue weighted by Crippen LogP contribution is 2.15. The van der Waals surface area contributed by atoms with E-state index in [-0.39, 0.29) is 28.2 Å². The third-order valence-electron chi connectivity index (χ3n) is 2.97. The maximum absolute atomic E-state index is 13.5. The first-order valence-corrected chi connectivity index (χ1v) is 7.94. The quantitative estimate of drug-likeness (QED) is 0.816. The molecule has 0 atom stereocenters. The van der Waals surface area contributed by atoms with Gasteiger partial charge in [0.25, 0.3) is 0 Å². The minimum absolute atomic E-state index is 0.0913. The fourth-order valence-corrected chi connectivity index (χ4v) is 2.46. The standard InChI is InChI=1S/C15H12F2O3S/c1-21(19,20)13-6-3-10(4-7-13)15(18)8-11-2-5-12(16)9-14(11)17/h2-7,9H,8H2,1H3. The molecule has 110 valence electrons. The van der Waals surface area contributed by atoms with Gasteiger partial charge >= 0.3 is 0 Å². The molecule has 0 spiro atoms. The van der Waals surface area contributed by atoms with Gasteiger partial charge in [-0.2, -0.15) is 0 Å². The second-order valence-corrected chi connectivity index (χ2v) is 6.65. The molecular weight excluding hydrogens is 298 g/mol. The Hall–Kier alpha value is -2.08. The summed E-state index contributed by atoms with van der Waals surface area (Å²) in [6.45, 7) is 0. The molecular formula is C15H12F2O3S. The smallest absolute Gasteiger partial charge is 0.175 e. The van der Waals surface area contributed by atoms with Crippen molar-refractivity contribution in [3.8, 4) is 0 Å². The van der Waals surface area contributed by atoms with Crippen molar-refractivity contribution in [2.75, 3.05) is 6.26 Å². The van der Waals surface area contributed by atoms with Crippen LogP contribution in [0.25, 0.3) is 0 Å². The van der Waals surface area contributed by atoms with Crippen molar-refractivity contribution in [2.45, 2.75) is 11.3 Å². The lowest BCUT2D eigenvalue weighted by atomic mass is 10.0. The molecule has 0 unspecified atom stereocenters. The zero-order valence-corrected chi connectivity index (χ0v) is 12.0. The predicted molar refractivity (Wildman–Crippen MR) is 73.9 cm³/mol. The van der Waals surface area contributed by atoms with Crippen LogP contribution in [0.1, 0.15) is 15.9 Å². The van der Waals surface area contributed by atoms with E-state index >= 15 is 0 Å². The van der Waals surface area contributed by atoms with Crippen molar-refractivity contribution in [1.29, 1.82) is 0 Å². The van der Waals surface area contributed by atoms with Crippen molar-refractivity contribution in [3.05, 3.63) is 65.2 Å². The summed E-state index contributed by atoms with van der Waals surface area (Å²) in [5.74, 6) is -1.86. The molecule has 0 heterocycles. The maximum Gasteiger partial charge on any atom is 0.175 e. The second kappa shape index (κ2) is 5.73.